The molecule has 2 heterocycles. The zero-order valence-electron chi connectivity index (χ0n) is 16.0. The number of nitrogens with one attached hydrogen (secondary N) is 1. The maximum atomic E-state index is 5.91. The fourth-order valence-electron chi connectivity index (χ4n) is 2.92. The number of benzene rings is 2. The molecular formula is C23H22N4O. The highest BCUT2D eigenvalue weighted by atomic mass is 16.5. The van der Waals surface area contributed by atoms with Crippen LogP contribution in [0.1, 0.15) is 31.0 Å². The van der Waals surface area contributed by atoms with Crippen molar-refractivity contribution in [2.75, 3.05) is 5.32 Å². The fraction of sp³-hybridized carbons (Fsp3) is 0.174. The second-order valence-corrected chi connectivity index (χ2v) is 6.91. The Hall–Kier alpha value is -3.47. The highest BCUT2D eigenvalue weighted by Crippen LogP contribution is 2.26. The predicted molar refractivity (Wildman–Crippen MR) is 112 cm³/mol. The molecule has 4 rings (SSSR count). The molecule has 0 spiro atoms. The van der Waals surface area contributed by atoms with Gasteiger partial charge in [-0.15, -0.1) is 0 Å². The quantitative estimate of drug-likeness (QED) is 0.488. The van der Waals surface area contributed by atoms with Crippen LogP contribution in [-0.2, 0) is 6.61 Å². The molecule has 0 radical (unpaired) electrons. The van der Waals surface area contributed by atoms with Crippen molar-refractivity contribution >= 4 is 22.5 Å². The van der Waals surface area contributed by atoms with Crippen molar-refractivity contribution in [3.63, 3.8) is 0 Å². The number of aromatic nitrogens is 3. The third kappa shape index (κ3) is 4.09. The van der Waals surface area contributed by atoms with E-state index in [-0.39, 0.29) is 0 Å². The molecule has 2 aromatic carbocycles. The van der Waals surface area contributed by atoms with Crippen molar-refractivity contribution in [2.24, 2.45) is 0 Å². The number of fused-ring (bicyclic) bond motifs is 1. The molecule has 5 heteroatoms. The summed E-state index contributed by atoms with van der Waals surface area (Å²) in [7, 11) is 0. The van der Waals surface area contributed by atoms with Gasteiger partial charge in [-0.2, -0.15) is 0 Å². The van der Waals surface area contributed by atoms with Gasteiger partial charge in [0.25, 0.3) is 0 Å². The van der Waals surface area contributed by atoms with Crippen molar-refractivity contribution < 1.29 is 4.74 Å². The van der Waals surface area contributed by atoms with Crippen LogP contribution in [0.5, 0.6) is 5.75 Å². The number of ether oxygens (including phenoxy) is 1. The average molecular weight is 370 g/mol. The lowest BCUT2D eigenvalue weighted by atomic mass is 10.1. The van der Waals surface area contributed by atoms with E-state index in [4.69, 9.17) is 4.74 Å². The first-order valence-electron chi connectivity index (χ1n) is 9.34. The predicted octanol–water partition coefficient (Wildman–Crippen LogP) is 5.47. The van der Waals surface area contributed by atoms with Crippen molar-refractivity contribution in [1.82, 2.24) is 15.0 Å². The van der Waals surface area contributed by atoms with Gasteiger partial charge in [0.15, 0.2) is 5.65 Å². The smallest absolute Gasteiger partial charge is 0.164 e. The van der Waals surface area contributed by atoms with Crippen LogP contribution in [0.2, 0.25) is 0 Å². The molecule has 0 atom stereocenters. The van der Waals surface area contributed by atoms with Crippen molar-refractivity contribution in [3.8, 4) is 5.75 Å². The standard InChI is InChI=1S/C23H22N4O/c1-16(2)21-12-11-20-22(24-15-25-23(20)27-21)26-18-9-6-10-19(13-18)28-14-17-7-4-3-5-8-17/h3-13,15-16H,14H2,1-2H3,(H,24,25,26,27). The summed E-state index contributed by atoms with van der Waals surface area (Å²) in [6, 6.07) is 22.0. The average Bonchev–Trinajstić information content (AvgIpc) is 2.73. The first kappa shape index (κ1) is 17.9. The molecule has 0 aliphatic carbocycles. The van der Waals surface area contributed by atoms with E-state index in [9.17, 15) is 0 Å². The Bertz CT molecular complexity index is 1080. The number of pyridine rings is 1. The highest BCUT2D eigenvalue weighted by molar-refractivity contribution is 5.88. The molecule has 0 aliphatic rings. The summed E-state index contributed by atoms with van der Waals surface area (Å²) in [6.45, 7) is 4.77. The van der Waals surface area contributed by atoms with Gasteiger partial charge in [0.2, 0.25) is 0 Å². The topological polar surface area (TPSA) is 59.9 Å². The third-order valence-electron chi connectivity index (χ3n) is 4.46. The molecular weight excluding hydrogens is 348 g/mol. The van der Waals surface area contributed by atoms with E-state index in [1.165, 1.54) is 6.33 Å². The van der Waals surface area contributed by atoms with Gasteiger partial charge in [0, 0.05) is 17.4 Å². The minimum atomic E-state index is 0.356. The summed E-state index contributed by atoms with van der Waals surface area (Å²) in [5.41, 5.74) is 3.75. The van der Waals surface area contributed by atoms with Gasteiger partial charge in [0.05, 0.1) is 5.39 Å². The Morgan fingerprint density at radius 1 is 0.929 bits per heavy atom. The number of nitrogens with zero attached hydrogens (tertiary/aromatic N) is 3. The Labute approximate surface area is 164 Å². The van der Waals surface area contributed by atoms with Gasteiger partial charge >= 0.3 is 0 Å². The molecule has 5 nitrogen and oxygen atoms in total. The summed E-state index contributed by atoms with van der Waals surface area (Å²) < 4.78 is 5.91. The molecule has 0 saturated carbocycles. The largest absolute Gasteiger partial charge is 0.489 e. The molecule has 0 amide bonds. The molecule has 0 fully saturated rings. The van der Waals surface area contributed by atoms with Crippen LogP contribution in [0.15, 0.2) is 73.1 Å². The van der Waals surface area contributed by atoms with E-state index in [1.807, 2.05) is 66.7 Å². The van der Waals surface area contributed by atoms with Gasteiger partial charge < -0.3 is 10.1 Å². The minimum absolute atomic E-state index is 0.356. The third-order valence-corrected chi connectivity index (χ3v) is 4.46. The minimum Gasteiger partial charge on any atom is -0.489 e. The second-order valence-electron chi connectivity index (χ2n) is 6.91. The Kier molecular flexibility index (Phi) is 5.15. The van der Waals surface area contributed by atoms with Crippen LogP contribution in [-0.4, -0.2) is 15.0 Å². The molecule has 0 unspecified atom stereocenters. The molecule has 0 bridgehead atoms. The fourth-order valence-corrected chi connectivity index (χ4v) is 2.92. The number of rotatable bonds is 6. The summed E-state index contributed by atoms with van der Waals surface area (Å²) in [6.07, 6.45) is 1.54. The SMILES string of the molecule is CC(C)c1ccc2c(Nc3cccc(OCc4ccccc4)c3)ncnc2n1. The van der Waals surface area contributed by atoms with Crippen LogP contribution >= 0.6 is 0 Å². The molecule has 2 aromatic heterocycles. The second kappa shape index (κ2) is 8.05. The Morgan fingerprint density at radius 2 is 1.79 bits per heavy atom. The molecule has 0 aliphatic heterocycles. The lowest BCUT2D eigenvalue weighted by Crippen LogP contribution is -2.00. The monoisotopic (exact) mass is 370 g/mol. The van der Waals surface area contributed by atoms with E-state index in [0.717, 1.165) is 33.9 Å². The lowest BCUT2D eigenvalue weighted by molar-refractivity contribution is 0.306. The van der Waals surface area contributed by atoms with Crippen LogP contribution in [0.3, 0.4) is 0 Å². The Balaban J connectivity index is 1.54. The van der Waals surface area contributed by atoms with E-state index in [2.05, 4.69) is 34.1 Å². The maximum absolute atomic E-state index is 5.91. The van der Waals surface area contributed by atoms with Crippen molar-refractivity contribution in [3.05, 3.63) is 84.3 Å². The van der Waals surface area contributed by atoms with Crippen molar-refractivity contribution in [1.29, 1.82) is 0 Å². The number of anilines is 2. The summed E-state index contributed by atoms with van der Waals surface area (Å²) in [4.78, 5) is 13.4. The Morgan fingerprint density at radius 3 is 2.61 bits per heavy atom. The van der Waals surface area contributed by atoms with E-state index >= 15 is 0 Å². The van der Waals surface area contributed by atoms with Gasteiger partial charge in [0.1, 0.15) is 24.5 Å². The molecule has 0 saturated heterocycles. The summed E-state index contributed by atoms with van der Waals surface area (Å²) in [5.74, 6) is 1.88. The zero-order valence-corrected chi connectivity index (χ0v) is 16.0. The van der Waals surface area contributed by atoms with Crippen LogP contribution in [0, 0.1) is 0 Å². The van der Waals surface area contributed by atoms with Crippen LogP contribution in [0.4, 0.5) is 11.5 Å². The zero-order chi connectivity index (χ0) is 19.3. The van der Waals surface area contributed by atoms with Gasteiger partial charge in [-0.3, -0.25) is 0 Å². The van der Waals surface area contributed by atoms with Crippen molar-refractivity contribution in [2.45, 2.75) is 26.4 Å². The first-order valence-corrected chi connectivity index (χ1v) is 9.34. The van der Waals surface area contributed by atoms with Crippen LogP contribution in [0.25, 0.3) is 11.0 Å². The van der Waals surface area contributed by atoms with E-state index < -0.39 is 0 Å². The van der Waals surface area contributed by atoms with Gasteiger partial charge in [-0.1, -0.05) is 50.2 Å². The van der Waals surface area contributed by atoms with Gasteiger partial charge in [-0.05, 0) is 35.7 Å². The van der Waals surface area contributed by atoms with Gasteiger partial charge in [-0.25, -0.2) is 15.0 Å². The van der Waals surface area contributed by atoms with Crippen LogP contribution < -0.4 is 10.1 Å². The lowest BCUT2D eigenvalue weighted by Gasteiger charge is -2.11. The summed E-state index contributed by atoms with van der Waals surface area (Å²) >= 11 is 0. The first-order chi connectivity index (χ1) is 13.7. The molecule has 140 valence electrons. The molecule has 4 aromatic rings. The highest BCUT2D eigenvalue weighted by Gasteiger charge is 2.09. The van der Waals surface area contributed by atoms with E-state index in [0.29, 0.717) is 18.2 Å². The molecule has 28 heavy (non-hydrogen) atoms. The van der Waals surface area contributed by atoms with E-state index in [1.54, 1.807) is 0 Å². The number of hydrogen-bond acceptors (Lipinski definition) is 5. The summed E-state index contributed by atoms with van der Waals surface area (Å²) in [5, 5.41) is 4.25. The number of hydrogen-bond donors (Lipinski definition) is 1. The normalized spacial score (nSPS) is 11.0. The maximum Gasteiger partial charge on any atom is 0.164 e. The molecule has 1 N–H and O–H groups in total.